The first-order valence-corrected chi connectivity index (χ1v) is 3.40. The molecule has 2 nitrogen and oxygen atoms in total. The normalized spacial score (nSPS) is 16.2. The number of thioether (sulfide) groups is 1. The third-order valence-corrected chi connectivity index (χ3v) is 1.57. The molecule has 0 radical (unpaired) electrons. The Morgan fingerprint density at radius 2 is 2.25 bits per heavy atom. The molecule has 0 saturated heterocycles. The second kappa shape index (κ2) is 3.92. The Kier molecular flexibility index (Phi) is 3.91. The van der Waals surface area contributed by atoms with Gasteiger partial charge in [0.05, 0.1) is 10.4 Å². The van der Waals surface area contributed by atoms with Crippen molar-refractivity contribution in [3.63, 3.8) is 0 Å². The Labute approximate surface area is 54.6 Å². The van der Waals surface area contributed by atoms with Gasteiger partial charge in [-0.25, -0.2) is 0 Å². The van der Waals surface area contributed by atoms with E-state index in [4.69, 9.17) is 5.73 Å². The van der Waals surface area contributed by atoms with Crippen molar-refractivity contribution in [1.82, 2.24) is 0 Å². The fourth-order valence-corrected chi connectivity index (χ4v) is 0.965. The van der Waals surface area contributed by atoms with Crippen LogP contribution in [0.25, 0.3) is 0 Å². The Morgan fingerprint density at radius 1 is 1.75 bits per heavy atom. The van der Waals surface area contributed by atoms with Crippen LogP contribution in [0.1, 0.15) is 13.8 Å². The van der Waals surface area contributed by atoms with Gasteiger partial charge in [-0.2, -0.15) is 0 Å². The van der Waals surface area contributed by atoms with Crippen LogP contribution in [-0.4, -0.2) is 17.5 Å². The van der Waals surface area contributed by atoms with E-state index in [2.05, 4.69) is 4.99 Å². The third-order valence-electron chi connectivity index (χ3n) is 0.671. The summed E-state index contributed by atoms with van der Waals surface area (Å²) in [5.74, 6) is 0. The van der Waals surface area contributed by atoms with E-state index in [1.807, 2.05) is 13.8 Å². The van der Waals surface area contributed by atoms with E-state index in [-0.39, 0.29) is 5.37 Å². The maximum Gasteiger partial charge on any atom is 0.0656 e. The van der Waals surface area contributed by atoms with Crippen molar-refractivity contribution in [1.29, 1.82) is 0 Å². The van der Waals surface area contributed by atoms with Gasteiger partial charge in [0, 0.05) is 7.05 Å². The Hall–Kier alpha value is -0.0200. The van der Waals surface area contributed by atoms with Gasteiger partial charge in [0.15, 0.2) is 0 Å². The average Bonchev–Trinajstić information content (AvgIpc) is 1.65. The van der Waals surface area contributed by atoms with Gasteiger partial charge in [-0.3, -0.25) is 4.99 Å². The minimum absolute atomic E-state index is 0.165. The van der Waals surface area contributed by atoms with Crippen LogP contribution < -0.4 is 5.73 Å². The molecule has 0 rings (SSSR count). The summed E-state index contributed by atoms with van der Waals surface area (Å²) in [4.78, 5) is 3.93. The van der Waals surface area contributed by atoms with Gasteiger partial charge in [-0.05, 0) is 13.8 Å². The zero-order valence-corrected chi connectivity index (χ0v) is 6.33. The number of aliphatic imine (C=N–C) groups is 1. The maximum absolute atomic E-state index is 5.45. The van der Waals surface area contributed by atoms with Gasteiger partial charge < -0.3 is 5.73 Å². The van der Waals surface area contributed by atoms with Gasteiger partial charge in [-0.15, -0.1) is 0 Å². The van der Waals surface area contributed by atoms with E-state index < -0.39 is 0 Å². The minimum atomic E-state index is 0.165. The first-order chi connectivity index (χ1) is 3.66. The van der Waals surface area contributed by atoms with Crippen molar-refractivity contribution >= 4 is 16.8 Å². The van der Waals surface area contributed by atoms with Gasteiger partial charge >= 0.3 is 0 Å². The molecule has 0 aliphatic rings. The zero-order chi connectivity index (χ0) is 6.57. The molecule has 0 aromatic rings. The summed E-state index contributed by atoms with van der Waals surface area (Å²) < 4.78 is 0. The van der Waals surface area contributed by atoms with Gasteiger partial charge in [-0.1, -0.05) is 11.8 Å². The summed E-state index contributed by atoms with van der Waals surface area (Å²) in [6.07, 6.45) is 0. The van der Waals surface area contributed by atoms with Crippen molar-refractivity contribution in [3.05, 3.63) is 0 Å². The average molecular weight is 132 g/mol. The summed E-state index contributed by atoms with van der Waals surface area (Å²) in [6.45, 7) is 3.90. The van der Waals surface area contributed by atoms with Crippen molar-refractivity contribution in [2.24, 2.45) is 10.7 Å². The second-order valence-electron chi connectivity index (χ2n) is 1.57. The number of nitrogens with zero attached hydrogens (tertiary/aromatic N) is 1. The summed E-state index contributed by atoms with van der Waals surface area (Å²) in [7, 11) is 1.77. The molecule has 0 heterocycles. The highest BCUT2D eigenvalue weighted by molar-refractivity contribution is 8.14. The maximum atomic E-state index is 5.45. The van der Waals surface area contributed by atoms with Gasteiger partial charge in [0.1, 0.15) is 0 Å². The van der Waals surface area contributed by atoms with Crippen LogP contribution in [0.4, 0.5) is 0 Å². The number of hydrogen-bond donors (Lipinski definition) is 1. The van der Waals surface area contributed by atoms with Gasteiger partial charge in [0.25, 0.3) is 0 Å². The summed E-state index contributed by atoms with van der Waals surface area (Å²) in [5, 5.41) is 1.21. The molecule has 1 atom stereocenters. The molecule has 3 heteroatoms. The van der Waals surface area contributed by atoms with Crippen LogP contribution >= 0.6 is 11.8 Å². The molecule has 0 amide bonds. The molecule has 0 aromatic carbocycles. The first-order valence-electron chi connectivity index (χ1n) is 2.52. The van der Waals surface area contributed by atoms with E-state index in [1.165, 1.54) is 0 Å². The number of rotatable bonds is 1. The van der Waals surface area contributed by atoms with E-state index in [0.29, 0.717) is 0 Å². The monoisotopic (exact) mass is 132 g/mol. The summed E-state index contributed by atoms with van der Waals surface area (Å²) >= 11 is 1.58. The lowest BCUT2D eigenvalue weighted by molar-refractivity contribution is 1.05. The molecular weight excluding hydrogens is 120 g/mol. The highest BCUT2D eigenvalue weighted by atomic mass is 32.2. The van der Waals surface area contributed by atoms with Crippen LogP contribution in [-0.2, 0) is 0 Å². The lowest BCUT2D eigenvalue weighted by Crippen LogP contribution is -2.11. The number of hydrogen-bond acceptors (Lipinski definition) is 3. The fraction of sp³-hybridized carbons (Fsp3) is 0.800. The molecule has 0 saturated carbocycles. The Balaban J connectivity index is 3.39. The highest BCUT2D eigenvalue weighted by Crippen LogP contribution is 2.05. The molecule has 0 spiro atoms. The topological polar surface area (TPSA) is 38.4 Å². The van der Waals surface area contributed by atoms with E-state index in [9.17, 15) is 0 Å². The Morgan fingerprint density at radius 3 is 2.38 bits per heavy atom. The largest absolute Gasteiger partial charge is 0.319 e. The molecule has 0 aromatic heterocycles. The fourth-order valence-electron chi connectivity index (χ4n) is 0.322. The molecular formula is C5H12N2S. The van der Waals surface area contributed by atoms with E-state index >= 15 is 0 Å². The molecule has 8 heavy (non-hydrogen) atoms. The molecule has 0 fully saturated rings. The highest BCUT2D eigenvalue weighted by Gasteiger charge is 1.94. The molecule has 0 aliphatic heterocycles. The SMILES string of the molecule is C/N=C(/C)SC(C)N. The van der Waals surface area contributed by atoms with E-state index in [0.717, 1.165) is 5.04 Å². The predicted molar refractivity (Wildman–Crippen MR) is 40.3 cm³/mol. The van der Waals surface area contributed by atoms with Crippen molar-refractivity contribution in [3.8, 4) is 0 Å². The minimum Gasteiger partial charge on any atom is -0.319 e. The van der Waals surface area contributed by atoms with Gasteiger partial charge in [0.2, 0.25) is 0 Å². The lowest BCUT2D eigenvalue weighted by atomic mass is 10.8. The molecule has 1 unspecified atom stereocenters. The van der Waals surface area contributed by atoms with Crippen LogP contribution in [0.15, 0.2) is 4.99 Å². The van der Waals surface area contributed by atoms with Crippen LogP contribution in [0.5, 0.6) is 0 Å². The molecule has 0 aliphatic carbocycles. The Bertz CT molecular complexity index is 88.4. The quantitative estimate of drug-likeness (QED) is 0.329. The standard InChI is InChI=1S/C5H12N2S/c1-4(6)8-5(2)7-3/h4H,6H2,1-3H3/b7-5-. The zero-order valence-electron chi connectivity index (χ0n) is 5.51. The third kappa shape index (κ3) is 4.15. The second-order valence-corrected chi connectivity index (χ2v) is 3.14. The van der Waals surface area contributed by atoms with Crippen molar-refractivity contribution in [2.75, 3.05) is 7.05 Å². The smallest absolute Gasteiger partial charge is 0.0656 e. The van der Waals surface area contributed by atoms with Crippen LogP contribution in [0.2, 0.25) is 0 Å². The van der Waals surface area contributed by atoms with E-state index in [1.54, 1.807) is 18.8 Å². The lowest BCUT2D eigenvalue weighted by Gasteiger charge is -2.00. The molecule has 2 N–H and O–H groups in total. The van der Waals surface area contributed by atoms with Crippen molar-refractivity contribution in [2.45, 2.75) is 19.2 Å². The predicted octanol–water partition coefficient (Wildman–Crippen LogP) is 1.07. The summed E-state index contributed by atoms with van der Waals surface area (Å²) in [6, 6.07) is 0. The first kappa shape index (κ1) is 7.98. The van der Waals surface area contributed by atoms with Crippen LogP contribution in [0.3, 0.4) is 0 Å². The summed E-state index contributed by atoms with van der Waals surface area (Å²) in [5.41, 5.74) is 5.45. The number of nitrogens with two attached hydrogens (primary N) is 1. The van der Waals surface area contributed by atoms with Crippen molar-refractivity contribution < 1.29 is 0 Å². The molecule has 48 valence electrons. The molecule has 0 bridgehead atoms. The van der Waals surface area contributed by atoms with Crippen LogP contribution in [0, 0.1) is 0 Å².